The fourth-order valence-electron chi connectivity index (χ4n) is 2.80. The molecule has 0 aromatic heterocycles. The molecule has 1 aromatic rings. The Morgan fingerprint density at radius 1 is 1.45 bits per heavy atom. The molecular formula is C17H26N2O3. The highest BCUT2D eigenvalue weighted by atomic mass is 16.5. The van der Waals surface area contributed by atoms with E-state index in [1.807, 2.05) is 32.0 Å². The van der Waals surface area contributed by atoms with Gasteiger partial charge in [0.1, 0.15) is 5.75 Å². The number of nitrogens with one attached hydrogen (secondary N) is 2. The Hall–Kier alpha value is -1.75. The number of hydrogen-bond acceptors (Lipinski definition) is 3. The molecule has 1 atom stereocenters. The van der Waals surface area contributed by atoms with Crippen LogP contribution in [0.5, 0.6) is 5.75 Å². The van der Waals surface area contributed by atoms with Crippen molar-refractivity contribution in [2.75, 3.05) is 18.5 Å². The van der Waals surface area contributed by atoms with Crippen LogP contribution in [0.4, 0.5) is 10.5 Å². The van der Waals surface area contributed by atoms with Crippen molar-refractivity contribution in [3.63, 3.8) is 0 Å². The monoisotopic (exact) mass is 306 g/mol. The molecule has 0 radical (unpaired) electrons. The van der Waals surface area contributed by atoms with Gasteiger partial charge in [0.2, 0.25) is 0 Å². The lowest BCUT2D eigenvalue weighted by atomic mass is 9.87. The summed E-state index contributed by atoms with van der Waals surface area (Å²) in [6.07, 6.45) is 2.26. The van der Waals surface area contributed by atoms with E-state index in [-0.39, 0.29) is 17.6 Å². The molecule has 1 aliphatic heterocycles. The summed E-state index contributed by atoms with van der Waals surface area (Å²) in [5.74, 6) is 0.912. The number of carbonyl (C=O) groups is 1. The molecule has 0 saturated carbocycles. The lowest BCUT2D eigenvalue weighted by molar-refractivity contribution is 0.129. The first-order valence-corrected chi connectivity index (χ1v) is 7.84. The molecule has 2 rings (SSSR count). The number of ether oxygens (including phenoxy) is 1. The number of aliphatic hydroxyl groups excluding tert-OH is 1. The topological polar surface area (TPSA) is 70.6 Å². The lowest BCUT2D eigenvalue weighted by Gasteiger charge is -2.26. The number of amides is 2. The smallest absolute Gasteiger partial charge is 0.319 e. The highest BCUT2D eigenvalue weighted by molar-refractivity contribution is 5.89. The van der Waals surface area contributed by atoms with Gasteiger partial charge in [0.25, 0.3) is 0 Å². The molecule has 1 aliphatic rings. The van der Waals surface area contributed by atoms with Crippen LogP contribution in [0.2, 0.25) is 0 Å². The van der Waals surface area contributed by atoms with Crippen molar-refractivity contribution < 1.29 is 14.6 Å². The Morgan fingerprint density at radius 3 is 2.95 bits per heavy atom. The van der Waals surface area contributed by atoms with Gasteiger partial charge in [0.15, 0.2) is 0 Å². The van der Waals surface area contributed by atoms with Crippen LogP contribution in [0, 0.1) is 5.41 Å². The second-order valence-corrected chi connectivity index (χ2v) is 6.80. The fraction of sp³-hybridized carbons (Fsp3) is 0.588. The number of hydrogen-bond donors (Lipinski definition) is 3. The van der Waals surface area contributed by atoms with E-state index in [4.69, 9.17) is 4.74 Å². The van der Waals surface area contributed by atoms with Crippen molar-refractivity contribution in [2.45, 2.75) is 46.1 Å². The molecule has 3 N–H and O–H groups in total. The van der Waals surface area contributed by atoms with Gasteiger partial charge < -0.3 is 20.5 Å². The van der Waals surface area contributed by atoms with Gasteiger partial charge >= 0.3 is 6.03 Å². The third-order valence-electron chi connectivity index (χ3n) is 3.74. The maximum absolute atomic E-state index is 12.0. The van der Waals surface area contributed by atoms with Crippen LogP contribution >= 0.6 is 0 Å². The summed E-state index contributed by atoms with van der Waals surface area (Å²) in [5.41, 5.74) is 1.77. The van der Waals surface area contributed by atoms with E-state index < -0.39 is 0 Å². The lowest BCUT2D eigenvalue weighted by Crippen LogP contribution is -2.38. The molecule has 1 heterocycles. The summed E-state index contributed by atoms with van der Waals surface area (Å²) in [6.45, 7) is 7.08. The first kappa shape index (κ1) is 16.6. The molecule has 122 valence electrons. The van der Waals surface area contributed by atoms with E-state index in [0.29, 0.717) is 13.0 Å². The van der Waals surface area contributed by atoms with Gasteiger partial charge in [-0.15, -0.1) is 0 Å². The van der Waals surface area contributed by atoms with Gasteiger partial charge in [0.05, 0.1) is 12.7 Å². The zero-order valence-corrected chi connectivity index (χ0v) is 13.6. The highest BCUT2D eigenvalue weighted by Gasteiger charge is 2.21. The summed E-state index contributed by atoms with van der Waals surface area (Å²) in [4.78, 5) is 12.0. The van der Waals surface area contributed by atoms with Crippen LogP contribution in [-0.4, -0.2) is 30.4 Å². The average Bonchev–Trinajstić information content (AvgIpc) is 2.44. The number of carbonyl (C=O) groups excluding carboxylic acids is 1. The van der Waals surface area contributed by atoms with Crippen molar-refractivity contribution in [3.05, 3.63) is 23.8 Å². The molecule has 0 spiro atoms. The fourth-order valence-corrected chi connectivity index (χ4v) is 2.80. The third kappa shape index (κ3) is 4.91. The minimum atomic E-state index is -0.375. The number of aryl methyl sites for hydroxylation is 1. The van der Waals surface area contributed by atoms with E-state index in [2.05, 4.69) is 10.6 Å². The SMILES string of the molecule is C[C@@H](O)CC(C)(C)CNC(=O)Nc1ccc2c(c1)CCCO2. The maximum atomic E-state index is 12.0. The molecule has 0 fully saturated rings. The summed E-state index contributed by atoms with van der Waals surface area (Å²) >= 11 is 0. The van der Waals surface area contributed by atoms with Gasteiger partial charge in [-0.25, -0.2) is 4.79 Å². The summed E-state index contributed by atoms with van der Waals surface area (Å²) in [6, 6.07) is 5.50. The molecule has 0 bridgehead atoms. The predicted octanol–water partition coefficient (Wildman–Crippen LogP) is 2.93. The Kier molecular flexibility index (Phi) is 5.29. The van der Waals surface area contributed by atoms with E-state index in [0.717, 1.165) is 36.4 Å². The van der Waals surface area contributed by atoms with E-state index in [1.165, 1.54) is 0 Å². The minimum Gasteiger partial charge on any atom is -0.493 e. The minimum absolute atomic E-state index is 0.144. The van der Waals surface area contributed by atoms with Crippen molar-refractivity contribution in [1.82, 2.24) is 5.32 Å². The molecular weight excluding hydrogens is 280 g/mol. The van der Waals surface area contributed by atoms with Crippen LogP contribution in [0.15, 0.2) is 18.2 Å². The number of fused-ring (bicyclic) bond motifs is 1. The van der Waals surface area contributed by atoms with E-state index >= 15 is 0 Å². The van der Waals surface area contributed by atoms with Gasteiger partial charge in [-0.2, -0.15) is 0 Å². The largest absolute Gasteiger partial charge is 0.493 e. The van der Waals surface area contributed by atoms with Crippen LogP contribution in [0.1, 0.15) is 39.2 Å². The number of anilines is 1. The first-order chi connectivity index (χ1) is 10.4. The second-order valence-electron chi connectivity index (χ2n) is 6.80. The molecule has 1 aromatic carbocycles. The van der Waals surface area contributed by atoms with Gasteiger partial charge in [-0.1, -0.05) is 13.8 Å². The highest BCUT2D eigenvalue weighted by Crippen LogP contribution is 2.27. The zero-order valence-electron chi connectivity index (χ0n) is 13.6. The Balaban J connectivity index is 1.87. The average molecular weight is 306 g/mol. The first-order valence-electron chi connectivity index (χ1n) is 7.84. The number of rotatable bonds is 5. The zero-order chi connectivity index (χ0) is 16.2. The molecule has 5 heteroatoms. The predicted molar refractivity (Wildman–Crippen MR) is 87.4 cm³/mol. The Bertz CT molecular complexity index is 527. The van der Waals surface area contributed by atoms with Crippen molar-refractivity contribution in [2.24, 2.45) is 5.41 Å². The van der Waals surface area contributed by atoms with E-state index in [1.54, 1.807) is 6.92 Å². The molecule has 2 amide bonds. The quantitative estimate of drug-likeness (QED) is 0.783. The van der Waals surface area contributed by atoms with Gasteiger partial charge in [-0.3, -0.25) is 0 Å². The molecule has 0 saturated heterocycles. The van der Waals surface area contributed by atoms with Crippen molar-refractivity contribution >= 4 is 11.7 Å². The number of urea groups is 1. The van der Waals surface area contributed by atoms with Crippen LogP contribution < -0.4 is 15.4 Å². The Labute approximate surface area is 132 Å². The summed E-state index contributed by atoms with van der Waals surface area (Å²) in [5, 5.41) is 15.2. The maximum Gasteiger partial charge on any atom is 0.319 e. The van der Waals surface area contributed by atoms with Crippen molar-refractivity contribution in [1.29, 1.82) is 0 Å². The number of aliphatic hydroxyl groups is 1. The molecule has 22 heavy (non-hydrogen) atoms. The van der Waals surface area contributed by atoms with Crippen LogP contribution in [0.25, 0.3) is 0 Å². The van der Waals surface area contributed by atoms with Crippen LogP contribution in [0.3, 0.4) is 0 Å². The second kappa shape index (κ2) is 7.01. The van der Waals surface area contributed by atoms with E-state index in [9.17, 15) is 9.90 Å². The van der Waals surface area contributed by atoms with Gasteiger partial charge in [-0.05, 0) is 55.4 Å². The normalized spacial score (nSPS) is 15.5. The third-order valence-corrected chi connectivity index (χ3v) is 3.74. The molecule has 0 unspecified atom stereocenters. The van der Waals surface area contributed by atoms with Crippen molar-refractivity contribution in [3.8, 4) is 5.75 Å². The number of benzene rings is 1. The molecule has 5 nitrogen and oxygen atoms in total. The molecule has 0 aliphatic carbocycles. The van der Waals surface area contributed by atoms with Crippen LogP contribution in [-0.2, 0) is 6.42 Å². The summed E-state index contributed by atoms with van der Waals surface area (Å²) in [7, 11) is 0. The standard InChI is InChI=1S/C17H26N2O3/c1-12(20)10-17(2,3)11-18-16(21)19-14-6-7-15-13(9-14)5-4-8-22-15/h6-7,9,12,20H,4-5,8,10-11H2,1-3H3,(H2,18,19,21)/t12-/m1/s1. The Morgan fingerprint density at radius 2 is 2.23 bits per heavy atom. The summed E-state index contributed by atoms with van der Waals surface area (Å²) < 4.78 is 5.56. The van der Waals surface area contributed by atoms with Gasteiger partial charge in [0, 0.05) is 12.2 Å².